The predicted octanol–water partition coefficient (Wildman–Crippen LogP) is 3.93. The van der Waals surface area contributed by atoms with Crippen LogP contribution in [0.3, 0.4) is 0 Å². The summed E-state index contributed by atoms with van der Waals surface area (Å²) in [5.74, 6) is -2.27. The maximum Gasteiger partial charge on any atom is 0.328 e. The number of benzene rings is 1. The van der Waals surface area contributed by atoms with Crippen LogP contribution in [0.15, 0.2) is 18.2 Å². The molecule has 116 valence electrons. The number of carboxylic acid groups (broad SMARTS) is 1. The second kappa shape index (κ2) is 7.20. The van der Waals surface area contributed by atoms with E-state index in [9.17, 15) is 13.6 Å². The van der Waals surface area contributed by atoms with E-state index in [1.807, 2.05) is 27.7 Å². The molecule has 0 saturated carbocycles. The van der Waals surface area contributed by atoms with Crippen molar-refractivity contribution in [3.05, 3.63) is 35.4 Å². The molecule has 21 heavy (non-hydrogen) atoms. The maximum atomic E-state index is 14.2. The fourth-order valence-corrected chi connectivity index (χ4v) is 2.08. The van der Waals surface area contributed by atoms with Gasteiger partial charge in [0.2, 0.25) is 0 Å². The van der Waals surface area contributed by atoms with Crippen molar-refractivity contribution in [1.29, 1.82) is 0 Å². The van der Waals surface area contributed by atoms with Crippen molar-refractivity contribution in [2.45, 2.75) is 33.7 Å². The first-order valence-electron chi connectivity index (χ1n) is 6.89. The molecular formula is C16H21F2NO2. The average molecular weight is 297 g/mol. The van der Waals surface area contributed by atoms with Crippen LogP contribution < -0.4 is 4.90 Å². The van der Waals surface area contributed by atoms with Gasteiger partial charge in [-0.25, -0.2) is 13.6 Å². The van der Waals surface area contributed by atoms with Gasteiger partial charge in [0, 0.05) is 18.7 Å². The molecule has 1 aromatic carbocycles. The summed E-state index contributed by atoms with van der Waals surface area (Å²) in [4.78, 5) is 12.1. The third-order valence-corrected chi connectivity index (χ3v) is 2.93. The Labute approximate surface area is 123 Å². The minimum Gasteiger partial charge on any atom is -0.478 e. The van der Waals surface area contributed by atoms with Gasteiger partial charge in [-0.3, -0.25) is 0 Å². The zero-order valence-electron chi connectivity index (χ0n) is 12.7. The molecule has 1 aromatic rings. The summed E-state index contributed by atoms with van der Waals surface area (Å²) in [5, 5.41) is 8.55. The van der Waals surface area contributed by atoms with E-state index in [1.165, 1.54) is 6.08 Å². The van der Waals surface area contributed by atoms with Crippen LogP contribution in [0.2, 0.25) is 0 Å². The molecule has 0 atom stereocenters. The highest BCUT2D eigenvalue weighted by Crippen LogP contribution is 2.28. The van der Waals surface area contributed by atoms with Gasteiger partial charge in [-0.2, -0.15) is 0 Å². The summed E-state index contributed by atoms with van der Waals surface area (Å²) in [6.45, 7) is 8.25. The van der Waals surface area contributed by atoms with Gasteiger partial charge in [0.15, 0.2) is 0 Å². The number of hydrogen-bond acceptors (Lipinski definition) is 2. The van der Waals surface area contributed by atoms with Crippen LogP contribution in [-0.2, 0) is 4.79 Å². The number of aliphatic carboxylic acids is 1. The predicted molar refractivity (Wildman–Crippen MR) is 80.3 cm³/mol. The van der Waals surface area contributed by atoms with Crippen molar-refractivity contribution in [3.63, 3.8) is 0 Å². The summed E-state index contributed by atoms with van der Waals surface area (Å²) in [6.07, 6.45) is 2.02. The molecule has 0 aromatic heterocycles. The van der Waals surface area contributed by atoms with Crippen molar-refractivity contribution in [3.8, 4) is 0 Å². The van der Waals surface area contributed by atoms with E-state index in [2.05, 4.69) is 0 Å². The zero-order chi connectivity index (χ0) is 16.2. The fraction of sp³-hybridized carbons (Fsp3) is 0.438. The summed E-state index contributed by atoms with van der Waals surface area (Å²) in [7, 11) is 0. The molecule has 1 N–H and O–H groups in total. The van der Waals surface area contributed by atoms with Crippen LogP contribution in [0.25, 0.3) is 6.08 Å². The standard InChI is InChI=1S/C16H21F2NO2/c1-10(2)9-19(11(3)4)16-13(17)7-12(8-14(16)18)5-6-15(20)21/h5-8,10-11H,9H2,1-4H3,(H,20,21). The number of anilines is 1. The first-order valence-corrected chi connectivity index (χ1v) is 6.89. The molecule has 0 spiro atoms. The molecule has 0 aliphatic carbocycles. The van der Waals surface area contributed by atoms with Crippen molar-refractivity contribution in [1.82, 2.24) is 0 Å². The summed E-state index contributed by atoms with van der Waals surface area (Å²) in [6, 6.07) is 2.25. The second-order valence-electron chi connectivity index (χ2n) is 5.64. The van der Waals surface area contributed by atoms with E-state index in [4.69, 9.17) is 5.11 Å². The van der Waals surface area contributed by atoms with Crippen LogP contribution in [0.1, 0.15) is 33.3 Å². The van der Waals surface area contributed by atoms with E-state index >= 15 is 0 Å². The Morgan fingerprint density at radius 1 is 1.24 bits per heavy atom. The lowest BCUT2D eigenvalue weighted by Crippen LogP contribution is -2.35. The van der Waals surface area contributed by atoms with Gasteiger partial charge in [0.25, 0.3) is 0 Å². The van der Waals surface area contributed by atoms with Crippen LogP contribution in [0.4, 0.5) is 14.5 Å². The molecule has 0 aliphatic rings. The van der Waals surface area contributed by atoms with Gasteiger partial charge < -0.3 is 10.0 Å². The number of hydrogen-bond donors (Lipinski definition) is 1. The lowest BCUT2D eigenvalue weighted by atomic mass is 10.1. The SMILES string of the molecule is CC(C)CN(c1c(F)cc(C=CC(=O)O)cc1F)C(C)C. The Kier molecular flexibility index (Phi) is 5.88. The monoisotopic (exact) mass is 297 g/mol. The zero-order valence-corrected chi connectivity index (χ0v) is 12.7. The van der Waals surface area contributed by atoms with E-state index in [0.29, 0.717) is 6.54 Å². The summed E-state index contributed by atoms with van der Waals surface area (Å²) >= 11 is 0. The van der Waals surface area contributed by atoms with Crippen LogP contribution in [0, 0.1) is 17.6 Å². The quantitative estimate of drug-likeness (QED) is 0.809. The molecule has 0 radical (unpaired) electrons. The van der Waals surface area contributed by atoms with E-state index in [0.717, 1.165) is 18.2 Å². The first-order chi connectivity index (χ1) is 9.72. The third-order valence-electron chi connectivity index (χ3n) is 2.93. The fourth-order valence-electron chi connectivity index (χ4n) is 2.08. The molecule has 0 unspecified atom stereocenters. The lowest BCUT2D eigenvalue weighted by molar-refractivity contribution is -0.131. The normalized spacial score (nSPS) is 11.6. The Morgan fingerprint density at radius 3 is 2.14 bits per heavy atom. The number of carboxylic acids is 1. The molecule has 1 rings (SSSR count). The van der Waals surface area contributed by atoms with Crippen LogP contribution in [-0.4, -0.2) is 23.7 Å². The van der Waals surface area contributed by atoms with Gasteiger partial charge >= 0.3 is 5.97 Å². The minimum absolute atomic E-state index is 0.0446. The van der Waals surface area contributed by atoms with Crippen molar-refractivity contribution in [2.75, 3.05) is 11.4 Å². The maximum absolute atomic E-state index is 14.2. The average Bonchev–Trinajstić information content (AvgIpc) is 2.33. The Hall–Kier alpha value is -1.91. The molecule has 0 heterocycles. The molecule has 5 heteroatoms. The second-order valence-corrected chi connectivity index (χ2v) is 5.64. The molecular weight excluding hydrogens is 276 g/mol. The molecule has 0 amide bonds. The highest BCUT2D eigenvalue weighted by atomic mass is 19.1. The molecule has 3 nitrogen and oxygen atoms in total. The number of nitrogens with zero attached hydrogens (tertiary/aromatic N) is 1. The van der Waals surface area contributed by atoms with Gasteiger partial charge in [-0.05, 0) is 43.5 Å². The van der Waals surface area contributed by atoms with Gasteiger partial charge in [0.05, 0.1) is 0 Å². The highest BCUT2D eigenvalue weighted by molar-refractivity contribution is 5.85. The topological polar surface area (TPSA) is 40.5 Å². The van der Waals surface area contributed by atoms with E-state index < -0.39 is 17.6 Å². The highest BCUT2D eigenvalue weighted by Gasteiger charge is 2.20. The van der Waals surface area contributed by atoms with Gasteiger partial charge in [-0.1, -0.05) is 13.8 Å². The number of rotatable bonds is 6. The van der Waals surface area contributed by atoms with Crippen LogP contribution in [0.5, 0.6) is 0 Å². The molecule has 0 bridgehead atoms. The third kappa shape index (κ3) is 4.85. The summed E-state index contributed by atoms with van der Waals surface area (Å²) in [5.41, 5.74) is 0.121. The van der Waals surface area contributed by atoms with Crippen molar-refractivity contribution >= 4 is 17.7 Å². The summed E-state index contributed by atoms with van der Waals surface area (Å²) < 4.78 is 28.5. The molecule has 0 aliphatic heterocycles. The minimum atomic E-state index is -1.16. The molecule has 0 saturated heterocycles. The first kappa shape index (κ1) is 17.1. The lowest BCUT2D eigenvalue weighted by Gasteiger charge is -2.31. The van der Waals surface area contributed by atoms with Gasteiger partial charge in [0.1, 0.15) is 17.3 Å². The molecule has 0 fully saturated rings. The van der Waals surface area contributed by atoms with Crippen molar-refractivity contribution < 1.29 is 18.7 Å². The van der Waals surface area contributed by atoms with E-state index in [1.54, 1.807) is 4.90 Å². The smallest absolute Gasteiger partial charge is 0.328 e. The van der Waals surface area contributed by atoms with Crippen LogP contribution >= 0.6 is 0 Å². The largest absolute Gasteiger partial charge is 0.478 e. The van der Waals surface area contributed by atoms with E-state index in [-0.39, 0.29) is 23.2 Å². The number of carbonyl (C=O) groups is 1. The van der Waals surface area contributed by atoms with Gasteiger partial charge in [-0.15, -0.1) is 0 Å². The van der Waals surface area contributed by atoms with Crippen molar-refractivity contribution in [2.24, 2.45) is 5.92 Å². The number of halogens is 2. The Morgan fingerprint density at radius 2 is 1.76 bits per heavy atom. The Balaban J connectivity index is 3.21. The Bertz CT molecular complexity index is 516.